The van der Waals surface area contributed by atoms with E-state index in [1.54, 1.807) is 18.4 Å². The second-order valence-electron chi connectivity index (χ2n) is 8.39. The van der Waals surface area contributed by atoms with Gasteiger partial charge in [-0.05, 0) is 49.2 Å². The number of nitrogens with one attached hydrogen (secondary N) is 1. The Hall–Kier alpha value is -3.51. The van der Waals surface area contributed by atoms with E-state index in [1.807, 2.05) is 0 Å². The Labute approximate surface area is 214 Å². The van der Waals surface area contributed by atoms with Crippen LogP contribution in [-0.2, 0) is 16.2 Å². The summed E-state index contributed by atoms with van der Waals surface area (Å²) in [6, 6.07) is 11.6. The summed E-state index contributed by atoms with van der Waals surface area (Å²) in [5.74, 6) is -1.06. The fourth-order valence-corrected chi connectivity index (χ4v) is 5.90. The van der Waals surface area contributed by atoms with Crippen molar-refractivity contribution >= 4 is 27.2 Å². The normalized spacial score (nSPS) is 15.6. The number of alkyl halides is 3. The Morgan fingerprint density at radius 1 is 1.05 bits per heavy atom. The van der Waals surface area contributed by atoms with Crippen LogP contribution in [0.25, 0.3) is 11.3 Å². The van der Waals surface area contributed by atoms with E-state index in [2.05, 4.69) is 14.7 Å². The van der Waals surface area contributed by atoms with Gasteiger partial charge in [-0.25, -0.2) is 18.4 Å². The molecule has 0 spiro atoms. The Kier molecular flexibility index (Phi) is 6.40. The van der Waals surface area contributed by atoms with E-state index in [-0.39, 0.29) is 23.2 Å². The number of aryl methyl sites for hydroxylation is 1. The number of ether oxygens (including phenoxy) is 1. The van der Waals surface area contributed by atoms with Gasteiger partial charge < -0.3 is 4.74 Å². The number of pyridine rings is 1. The van der Waals surface area contributed by atoms with Crippen molar-refractivity contribution in [2.24, 2.45) is 0 Å². The van der Waals surface area contributed by atoms with Gasteiger partial charge in [0.05, 0.1) is 27.8 Å². The molecule has 0 bridgehead atoms. The van der Waals surface area contributed by atoms with Crippen molar-refractivity contribution in [3.05, 3.63) is 87.6 Å². The number of halogens is 4. The first-order chi connectivity index (χ1) is 17.5. The van der Waals surface area contributed by atoms with E-state index < -0.39 is 27.7 Å². The van der Waals surface area contributed by atoms with E-state index in [0.717, 1.165) is 23.2 Å². The second-order valence-corrected chi connectivity index (χ2v) is 11.1. The molecule has 1 aliphatic heterocycles. The van der Waals surface area contributed by atoms with Gasteiger partial charge >= 0.3 is 6.18 Å². The third kappa shape index (κ3) is 5.16. The molecule has 0 saturated carbocycles. The van der Waals surface area contributed by atoms with Crippen molar-refractivity contribution < 1.29 is 30.7 Å². The maximum Gasteiger partial charge on any atom is 0.416 e. The number of fused-ring (bicyclic) bond motifs is 1. The highest BCUT2D eigenvalue weighted by Gasteiger charge is 2.33. The van der Waals surface area contributed by atoms with E-state index in [0.29, 0.717) is 34.6 Å². The van der Waals surface area contributed by atoms with Crippen molar-refractivity contribution in [3.8, 4) is 17.0 Å². The number of hydrogen-bond acceptors (Lipinski definition) is 6. The molecule has 0 fully saturated rings. The molecule has 4 aromatic rings. The number of anilines is 1. The Morgan fingerprint density at radius 2 is 1.84 bits per heavy atom. The number of rotatable bonds is 5. The largest absolute Gasteiger partial charge is 0.493 e. The smallest absolute Gasteiger partial charge is 0.416 e. The molecule has 5 rings (SSSR count). The van der Waals surface area contributed by atoms with Gasteiger partial charge in [-0.1, -0.05) is 18.2 Å². The molecular weight excluding hydrogens is 530 g/mol. The predicted molar refractivity (Wildman–Crippen MR) is 131 cm³/mol. The molecule has 2 aromatic carbocycles. The van der Waals surface area contributed by atoms with E-state index in [9.17, 15) is 26.0 Å². The summed E-state index contributed by atoms with van der Waals surface area (Å²) in [5, 5.41) is 2.44. The lowest BCUT2D eigenvalue weighted by molar-refractivity contribution is -0.137. The molecule has 192 valence electrons. The van der Waals surface area contributed by atoms with Crippen LogP contribution in [0.3, 0.4) is 0 Å². The summed E-state index contributed by atoms with van der Waals surface area (Å²) in [6.45, 7) is 2.01. The van der Waals surface area contributed by atoms with Crippen molar-refractivity contribution in [2.75, 3.05) is 11.3 Å². The highest BCUT2D eigenvalue weighted by molar-refractivity contribution is 7.92. The molecule has 1 aliphatic rings. The molecule has 0 aliphatic carbocycles. The van der Waals surface area contributed by atoms with Crippen LogP contribution in [0.2, 0.25) is 0 Å². The third-order valence-corrected chi connectivity index (χ3v) is 8.07. The summed E-state index contributed by atoms with van der Waals surface area (Å²) in [7, 11) is -4.11. The summed E-state index contributed by atoms with van der Waals surface area (Å²) >= 11 is 1.34. The molecule has 6 nitrogen and oxygen atoms in total. The SMILES string of the molecule is Cc1nc(-c2cc(C(F)(F)F)ccc2C2CCOc3cc(S(=O)(=O)Nc4cccc(F)n4)ccc32)cs1. The topological polar surface area (TPSA) is 81.2 Å². The highest BCUT2D eigenvalue weighted by Crippen LogP contribution is 2.44. The van der Waals surface area contributed by atoms with Gasteiger partial charge in [0.25, 0.3) is 10.0 Å². The van der Waals surface area contributed by atoms with Gasteiger partial charge in [0.1, 0.15) is 11.6 Å². The van der Waals surface area contributed by atoms with Gasteiger partial charge in [-0.15, -0.1) is 11.3 Å². The summed E-state index contributed by atoms with van der Waals surface area (Å²) < 4.78 is 87.7. The first-order valence-electron chi connectivity index (χ1n) is 11.1. The number of thiazole rings is 1. The lowest BCUT2D eigenvalue weighted by Crippen LogP contribution is -2.19. The van der Waals surface area contributed by atoms with Gasteiger partial charge in [-0.3, -0.25) is 4.72 Å². The average molecular weight is 550 g/mol. The highest BCUT2D eigenvalue weighted by atomic mass is 32.2. The van der Waals surface area contributed by atoms with Gasteiger partial charge in [-0.2, -0.15) is 17.6 Å². The van der Waals surface area contributed by atoms with Crippen LogP contribution >= 0.6 is 11.3 Å². The Bertz CT molecular complexity index is 1590. The minimum atomic E-state index is -4.52. The number of aromatic nitrogens is 2. The van der Waals surface area contributed by atoms with Crippen LogP contribution in [0.5, 0.6) is 5.75 Å². The monoisotopic (exact) mass is 549 g/mol. The van der Waals surface area contributed by atoms with E-state index in [4.69, 9.17) is 4.74 Å². The van der Waals surface area contributed by atoms with Crippen molar-refractivity contribution in [3.63, 3.8) is 0 Å². The molecule has 3 heterocycles. The van der Waals surface area contributed by atoms with Crippen molar-refractivity contribution in [1.29, 1.82) is 0 Å². The maximum atomic E-state index is 13.5. The maximum absolute atomic E-state index is 13.5. The second kappa shape index (κ2) is 9.42. The fourth-order valence-electron chi connectivity index (χ4n) is 4.27. The first-order valence-corrected chi connectivity index (χ1v) is 13.4. The minimum absolute atomic E-state index is 0.124. The van der Waals surface area contributed by atoms with Gasteiger partial charge in [0.2, 0.25) is 5.95 Å². The molecule has 0 saturated heterocycles. The lowest BCUT2D eigenvalue weighted by atomic mass is 9.83. The number of benzene rings is 2. The predicted octanol–water partition coefficient (Wildman–Crippen LogP) is 6.39. The fraction of sp³-hybridized carbons (Fsp3) is 0.200. The molecule has 2 aromatic heterocycles. The molecular formula is C25H19F4N3O3S2. The summed E-state index contributed by atoms with van der Waals surface area (Å²) in [5.41, 5.74) is 1.32. The molecule has 0 amide bonds. The van der Waals surface area contributed by atoms with Crippen molar-refractivity contribution in [2.45, 2.75) is 30.3 Å². The van der Waals surface area contributed by atoms with Crippen LogP contribution in [0.4, 0.5) is 23.4 Å². The molecule has 1 atom stereocenters. The minimum Gasteiger partial charge on any atom is -0.493 e. The zero-order valence-electron chi connectivity index (χ0n) is 19.2. The standard InChI is InChI=1S/C25H19F4N3O3S2/c1-14-30-21(13-36-14)20-11-15(25(27,28)29)5-7-17(20)18-9-10-35-22-12-16(6-8-19(18)22)37(33,34)32-24-4-2-3-23(26)31-24/h2-8,11-13,18H,9-10H2,1H3,(H,31,32). The molecule has 12 heteroatoms. The number of hydrogen-bond donors (Lipinski definition) is 1. The van der Waals surface area contributed by atoms with Crippen LogP contribution in [0.15, 0.2) is 64.9 Å². The first kappa shape index (κ1) is 25.2. The molecule has 1 unspecified atom stereocenters. The summed E-state index contributed by atoms with van der Waals surface area (Å²) in [4.78, 5) is 7.80. The Morgan fingerprint density at radius 3 is 2.54 bits per heavy atom. The van der Waals surface area contributed by atoms with Crippen LogP contribution < -0.4 is 9.46 Å². The molecule has 0 radical (unpaired) electrons. The average Bonchev–Trinajstić information content (AvgIpc) is 3.28. The zero-order chi connectivity index (χ0) is 26.4. The molecule has 1 N–H and O–H groups in total. The van der Waals surface area contributed by atoms with Crippen LogP contribution in [0, 0.1) is 12.9 Å². The molecule has 37 heavy (non-hydrogen) atoms. The number of nitrogens with zero attached hydrogens (tertiary/aromatic N) is 2. The van der Waals surface area contributed by atoms with Gasteiger partial charge in [0.15, 0.2) is 0 Å². The van der Waals surface area contributed by atoms with E-state index in [1.165, 1.54) is 41.7 Å². The quantitative estimate of drug-likeness (QED) is 0.231. The number of sulfonamides is 1. The zero-order valence-corrected chi connectivity index (χ0v) is 20.8. The van der Waals surface area contributed by atoms with E-state index >= 15 is 0 Å². The summed E-state index contributed by atoms with van der Waals surface area (Å²) in [6.07, 6.45) is -4.04. The van der Waals surface area contributed by atoms with Crippen LogP contribution in [0.1, 0.15) is 34.0 Å². The van der Waals surface area contributed by atoms with Gasteiger partial charge in [0, 0.05) is 28.5 Å². The third-order valence-electron chi connectivity index (χ3n) is 5.94. The Balaban J connectivity index is 1.54. The van der Waals surface area contributed by atoms with Crippen LogP contribution in [-0.4, -0.2) is 25.0 Å². The van der Waals surface area contributed by atoms with Crippen molar-refractivity contribution in [1.82, 2.24) is 9.97 Å². The lowest BCUT2D eigenvalue weighted by Gasteiger charge is -2.28.